The van der Waals surface area contributed by atoms with Crippen LogP contribution < -0.4 is 16.0 Å². The van der Waals surface area contributed by atoms with Crippen LogP contribution in [0.4, 0.5) is 4.79 Å². The van der Waals surface area contributed by atoms with Crippen molar-refractivity contribution >= 4 is 23.9 Å². The zero-order valence-electron chi connectivity index (χ0n) is 15.9. The highest BCUT2D eigenvalue weighted by atomic mass is 16.5. The van der Waals surface area contributed by atoms with E-state index in [9.17, 15) is 19.2 Å². The maximum Gasteiger partial charge on any atom is 0.338 e. The minimum absolute atomic E-state index is 0.143. The fourth-order valence-corrected chi connectivity index (χ4v) is 2.59. The summed E-state index contributed by atoms with van der Waals surface area (Å²) in [5.41, 5.74) is 0.730. The summed E-state index contributed by atoms with van der Waals surface area (Å²) in [7, 11) is 0. The van der Waals surface area contributed by atoms with Crippen LogP contribution in [0.1, 0.15) is 31.1 Å². The summed E-state index contributed by atoms with van der Waals surface area (Å²) in [6, 6.07) is 6.40. The van der Waals surface area contributed by atoms with Crippen LogP contribution >= 0.6 is 0 Å². The van der Waals surface area contributed by atoms with Crippen molar-refractivity contribution in [1.82, 2.24) is 16.0 Å². The fourth-order valence-electron chi connectivity index (χ4n) is 2.59. The number of rotatable bonds is 7. The predicted octanol–water partition coefficient (Wildman–Crippen LogP) is 0.867. The lowest BCUT2D eigenvalue weighted by atomic mass is 10.0. The van der Waals surface area contributed by atoms with E-state index >= 15 is 0 Å². The molecule has 9 nitrogen and oxygen atoms in total. The smallest absolute Gasteiger partial charge is 0.338 e. The number of carbonyl (C=O) groups excluding carboxylic acids is 4. The summed E-state index contributed by atoms with van der Waals surface area (Å²) in [6.07, 6.45) is 0. The highest BCUT2D eigenvalue weighted by Gasteiger charge is 2.30. The normalized spacial score (nSPS) is 17.1. The Labute approximate surface area is 162 Å². The Morgan fingerprint density at radius 3 is 2.50 bits per heavy atom. The molecule has 0 saturated carbocycles. The molecule has 0 unspecified atom stereocenters. The Balaban J connectivity index is 2.02. The quantitative estimate of drug-likeness (QED) is 0.595. The third kappa shape index (κ3) is 5.32. The molecular weight excluding hydrogens is 366 g/mol. The summed E-state index contributed by atoms with van der Waals surface area (Å²) in [6.45, 7) is 4.59. The van der Waals surface area contributed by atoms with Crippen molar-refractivity contribution in [3.05, 3.63) is 47.2 Å². The van der Waals surface area contributed by atoms with E-state index in [1.165, 1.54) is 6.92 Å². The maximum atomic E-state index is 12.2. The molecule has 9 heteroatoms. The second-order valence-corrected chi connectivity index (χ2v) is 6.10. The van der Waals surface area contributed by atoms with E-state index in [4.69, 9.17) is 9.47 Å². The molecule has 28 heavy (non-hydrogen) atoms. The molecule has 0 saturated heterocycles. The van der Waals surface area contributed by atoms with E-state index in [1.807, 2.05) is 0 Å². The van der Waals surface area contributed by atoms with Crippen LogP contribution in [0, 0.1) is 0 Å². The molecule has 1 aromatic rings. The van der Waals surface area contributed by atoms with E-state index in [2.05, 4.69) is 16.0 Å². The molecule has 0 aliphatic carbocycles. The monoisotopic (exact) mass is 389 g/mol. The van der Waals surface area contributed by atoms with Gasteiger partial charge in [-0.1, -0.05) is 18.2 Å². The molecular formula is C19H23N3O6. The number of carbonyl (C=O) groups is 4. The van der Waals surface area contributed by atoms with Crippen LogP contribution in [0.25, 0.3) is 0 Å². The Kier molecular flexibility index (Phi) is 7.14. The van der Waals surface area contributed by atoms with Crippen molar-refractivity contribution in [2.75, 3.05) is 13.2 Å². The summed E-state index contributed by atoms with van der Waals surface area (Å²) in [5.74, 6) is -1.74. The van der Waals surface area contributed by atoms with Gasteiger partial charge < -0.3 is 25.4 Å². The van der Waals surface area contributed by atoms with E-state index in [1.54, 1.807) is 44.2 Å². The first-order chi connectivity index (χ1) is 13.3. The molecule has 0 radical (unpaired) electrons. The van der Waals surface area contributed by atoms with Crippen LogP contribution in [-0.2, 0) is 19.1 Å². The van der Waals surface area contributed by atoms with E-state index in [0.29, 0.717) is 5.56 Å². The molecule has 1 aliphatic rings. The average molecular weight is 389 g/mol. The van der Waals surface area contributed by atoms with Gasteiger partial charge in [-0.15, -0.1) is 0 Å². The minimum atomic E-state index is -0.922. The van der Waals surface area contributed by atoms with Gasteiger partial charge in [0.05, 0.1) is 23.9 Å². The molecule has 0 fully saturated rings. The van der Waals surface area contributed by atoms with Crippen molar-refractivity contribution in [2.24, 2.45) is 0 Å². The first-order valence-electron chi connectivity index (χ1n) is 8.83. The van der Waals surface area contributed by atoms with Gasteiger partial charge in [-0.25, -0.2) is 14.4 Å². The van der Waals surface area contributed by atoms with Gasteiger partial charge in [0.25, 0.3) is 5.91 Å². The lowest BCUT2D eigenvalue weighted by Gasteiger charge is -2.26. The summed E-state index contributed by atoms with van der Waals surface area (Å²) < 4.78 is 10.2. The molecule has 1 aromatic carbocycles. The number of hydrogen-bond acceptors (Lipinski definition) is 6. The third-order valence-corrected chi connectivity index (χ3v) is 3.96. The number of amides is 3. The number of hydrogen-bond donors (Lipinski definition) is 3. The summed E-state index contributed by atoms with van der Waals surface area (Å²) in [5, 5.41) is 7.54. The largest absolute Gasteiger partial charge is 0.463 e. The van der Waals surface area contributed by atoms with Gasteiger partial charge in [-0.3, -0.25) is 4.79 Å². The fraction of sp³-hybridized carbons (Fsp3) is 0.368. The number of ether oxygens (including phenoxy) is 2. The Bertz CT molecular complexity index is 790. The van der Waals surface area contributed by atoms with Gasteiger partial charge >= 0.3 is 18.0 Å². The van der Waals surface area contributed by atoms with Gasteiger partial charge in [-0.05, 0) is 32.9 Å². The van der Waals surface area contributed by atoms with Crippen molar-refractivity contribution < 1.29 is 28.7 Å². The zero-order chi connectivity index (χ0) is 20.7. The SMILES string of the molecule is CCOC(=O)C1=C(COC(=O)[C@@H](C)NC(=O)c2ccccc2)NC(=O)N[C@@H]1C. The molecule has 1 aliphatic heterocycles. The molecule has 3 amide bonds. The van der Waals surface area contributed by atoms with E-state index in [-0.39, 0.29) is 24.5 Å². The van der Waals surface area contributed by atoms with Gasteiger partial charge in [0, 0.05) is 5.56 Å². The molecule has 150 valence electrons. The summed E-state index contributed by atoms with van der Waals surface area (Å²) in [4.78, 5) is 48.1. The van der Waals surface area contributed by atoms with Crippen molar-refractivity contribution in [3.8, 4) is 0 Å². The molecule has 3 N–H and O–H groups in total. The van der Waals surface area contributed by atoms with Crippen LogP contribution in [0.15, 0.2) is 41.6 Å². The van der Waals surface area contributed by atoms with Crippen LogP contribution in [0.5, 0.6) is 0 Å². The van der Waals surface area contributed by atoms with Crippen LogP contribution in [0.3, 0.4) is 0 Å². The first-order valence-corrected chi connectivity index (χ1v) is 8.83. The third-order valence-electron chi connectivity index (χ3n) is 3.96. The highest BCUT2D eigenvalue weighted by molar-refractivity contribution is 5.97. The molecule has 1 heterocycles. The molecule has 2 atom stereocenters. The topological polar surface area (TPSA) is 123 Å². The first kappa shape index (κ1) is 20.9. The molecule has 0 bridgehead atoms. The second kappa shape index (κ2) is 9.54. The average Bonchev–Trinajstić information content (AvgIpc) is 2.66. The van der Waals surface area contributed by atoms with Crippen molar-refractivity contribution in [1.29, 1.82) is 0 Å². The van der Waals surface area contributed by atoms with Crippen molar-refractivity contribution in [3.63, 3.8) is 0 Å². The van der Waals surface area contributed by atoms with Gasteiger partial charge in [-0.2, -0.15) is 0 Å². The van der Waals surface area contributed by atoms with Crippen LogP contribution in [0.2, 0.25) is 0 Å². The number of esters is 2. The van der Waals surface area contributed by atoms with Gasteiger partial charge in [0.2, 0.25) is 0 Å². The molecule has 0 spiro atoms. The van der Waals surface area contributed by atoms with E-state index < -0.39 is 36.0 Å². The Hall–Kier alpha value is -3.36. The number of nitrogens with one attached hydrogen (secondary N) is 3. The number of urea groups is 1. The second-order valence-electron chi connectivity index (χ2n) is 6.10. The van der Waals surface area contributed by atoms with Crippen LogP contribution in [-0.4, -0.2) is 49.2 Å². The minimum Gasteiger partial charge on any atom is -0.463 e. The molecule has 2 rings (SSSR count). The van der Waals surface area contributed by atoms with E-state index in [0.717, 1.165) is 0 Å². The predicted molar refractivity (Wildman–Crippen MR) is 99.1 cm³/mol. The molecule has 0 aromatic heterocycles. The Morgan fingerprint density at radius 2 is 1.86 bits per heavy atom. The maximum absolute atomic E-state index is 12.2. The number of benzene rings is 1. The lowest BCUT2D eigenvalue weighted by molar-refractivity contribution is -0.145. The Morgan fingerprint density at radius 1 is 1.18 bits per heavy atom. The standard InChI is InChI=1S/C19H23N3O6/c1-4-27-18(25)15-11(2)21-19(26)22-14(15)10-28-17(24)12(3)20-16(23)13-8-6-5-7-9-13/h5-9,11-12H,4,10H2,1-3H3,(H,20,23)(H2,21,22,26)/t11-,12-/m1/s1. The van der Waals surface area contributed by atoms with Gasteiger partial charge in [0.15, 0.2) is 0 Å². The van der Waals surface area contributed by atoms with Crippen molar-refractivity contribution in [2.45, 2.75) is 32.9 Å². The zero-order valence-corrected chi connectivity index (χ0v) is 15.9. The highest BCUT2D eigenvalue weighted by Crippen LogP contribution is 2.15. The van der Waals surface area contributed by atoms with Gasteiger partial charge in [0.1, 0.15) is 12.6 Å². The lowest BCUT2D eigenvalue weighted by Crippen LogP contribution is -2.50. The summed E-state index contributed by atoms with van der Waals surface area (Å²) >= 11 is 0.